The van der Waals surface area contributed by atoms with Crippen LogP contribution in [0.15, 0.2) is 67.0 Å². The molecule has 4 rings (SSSR count). The van der Waals surface area contributed by atoms with Crippen molar-refractivity contribution in [1.29, 1.82) is 0 Å². The van der Waals surface area contributed by atoms with Crippen molar-refractivity contribution in [2.24, 2.45) is 0 Å². The first-order chi connectivity index (χ1) is 16.6. The zero-order valence-corrected chi connectivity index (χ0v) is 20.3. The van der Waals surface area contributed by atoms with Crippen molar-refractivity contribution < 1.29 is 18.0 Å². The van der Waals surface area contributed by atoms with E-state index in [0.29, 0.717) is 0 Å². The monoisotopic (exact) mass is 501 g/mol. The molecule has 2 aromatic carbocycles. The zero-order chi connectivity index (χ0) is 25.2. The van der Waals surface area contributed by atoms with E-state index < -0.39 is 28.7 Å². The van der Waals surface area contributed by atoms with Gasteiger partial charge in [0.15, 0.2) is 0 Å². The molecule has 8 heteroatoms. The van der Waals surface area contributed by atoms with Crippen molar-refractivity contribution in [3.63, 3.8) is 0 Å². The number of likely N-dealkylation sites (N-methyl/N-ethyl adjacent to an activating group) is 1. The average molecular weight is 502 g/mol. The molecule has 1 saturated carbocycles. The van der Waals surface area contributed by atoms with E-state index in [4.69, 9.17) is 11.6 Å². The SMILES string of the molecule is CN(C)C1([C@@H](NC(=O)c2cccc(C(F)(F)F)c2Cl)c2ccc(-c3ccncc3)cc2)CCCC1. The van der Waals surface area contributed by atoms with Crippen LogP contribution >= 0.6 is 11.6 Å². The first kappa shape index (κ1) is 25.2. The Morgan fingerprint density at radius 2 is 1.60 bits per heavy atom. The lowest BCUT2D eigenvalue weighted by molar-refractivity contribution is -0.137. The Morgan fingerprint density at radius 3 is 2.17 bits per heavy atom. The zero-order valence-electron chi connectivity index (χ0n) is 19.6. The van der Waals surface area contributed by atoms with E-state index in [1.54, 1.807) is 12.4 Å². The highest BCUT2D eigenvalue weighted by Gasteiger charge is 2.45. The van der Waals surface area contributed by atoms with Crippen molar-refractivity contribution >= 4 is 17.5 Å². The lowest BCUT2D eigenvalue weighted by atomic mass is 9.81. The molecule has 0 bridgehead atoms. The van der Waals surface area contributed by atoms with Crippen LogP contribution in [0.1, 0.15) is 53.2 Å². The van der Waals surface area contributed by atoms with Crippen molar-refractivity contribution in [1.82, 2.24) is 15.2 Å². The smallest absolute Gasteiger partial charge is 0.343 e. The summed E-state index contributed by atoms with van der Waals surface area (Å²) in [5, 5.41) is 2.46. The normalized spacial score (nSPS) is 16.3. The van der Waals surface area contributed by atoms with Crippen LogP contribution in [0.5, 0.6) is 0 Å². The van der Waals surface area contributed by atoms with Crippen LogP contribution < -0.4 is 5.32 Å². The molecule has 3 aromatic rings. The van der Waals surface area contributed by atoms with Crippen LogP contribution in [-0.4, -0.2) is 35.4 Å². The van der Waals surface area contributed by atoms with E-state index in [-0.39, 0.29) is 11.1 Å². The molecule has 1 amide bonds. The van der Waals surface area contributed by atoms with Gasteiger partial charge in [-0.3, -0.25) is 9.78 Å². The number of halogens is 4. The molecule has 0 aliphatic heterocycles. The second kappa shape index (κ2) is 9.99. The van der Waals surface area contributed by atoms with Gasteiger partial charge in [0.05, 0.1) is 22.2 Å². The number of pyridine rings is 1. The Balaban J connectivity index is 1.72. The number of carbonyl (C=O) groups is 1. The third-order valence-corrected chi connectivity index (χ3v) is 7.39. The van der Waals surface area contributed by atoms with E-state index in [1.807, 2.05) is 50.5 Å². The van der Waals surface area contributed by atoms with Gasteiger partial charge >= 0.3 is 6.18 Å². The fraction of sp³-hybridized carbons (Fsp3) is 0.333. The van der Waals surface area contributed by atoms with Gasteiger partial charge in [-0.1, -0.05) is 54.8 Å². The molecule has 184 valence electrons. The number of nitrogens with one attached hydrogen (secondary N) is 1. The van der Waals surface area contributed by atoms with Gasteiger partial charge < -0.3 is 10.2 Å². The highest BCUT2D eigenvalue weighted by atomic mass is 35.5. The number of alkyl halides is 3. The Morgan fingerprint density at radius 1 is 1.00 bits per heavy atom. The minimum atomic E-state index is -4.65. The molecular weight excluding hydrogens is 475 g/mol. The van der Waals surface area contributed by atoms with Gasteiger partial charge in [0.2, 0.25) is 0 Å². The van der Waals surface area contributed by atoms with Crippen molar-refractivity contribution in [2.45, 2.75) is 43.4 Å². The summed E-state index contributed by atoms with van der Waals surface area (Å²) in [7, 11) is 3.96. The lowest BCUT2D eigenvalue weighted by Crippen LogP contribution is -2.53. The lowest BCUT2D eigenvalue weighted by Gasteiger charge is -2.44. The Bertz CT molecular complexity index is 1170. The minimum absolute atomic E-state index is 0.188. The van der Waals surface area contributed by atoms with Crippen molar-refractivity contribution in [3.05, 3.63) is 88.7 Å². The molecule has 1 N–H and O–H groups in total. The molecule has 0 unspecified atom stereocenters. The van der Waals surface area contributed by atoms with Gasteiger partial charge in [0, 0.05) is 17.9 Å². The number of aromatic nitrogens is 1. The second-order valence-electron chi connectivity index (χ2n) is 9.13. The summed E-state index contributed by atoms with van der Waals surface area (Å²) in [4.78, 5) is 19.5. The van der Waals surface area contributed by atoms with E-state index in [2.05, 4.69) is 15.2 Å². The van der Waals surface area contributed by atoms with E-state index >= 15 is 0 Å². The number of benzene rings is 2. The first-order valence-electron chi connectivity index (χ1n) is 11.5. The molecule has 0 spiro atoms. The Hall–Kier alpha value is -2.90. The number of amides is 1. The maximum Gasteiger partial charge on any atom is 0.417 e. The summed E-state index contributed by atoms with van der Waals surface area (Å²) < 4.78 is 40.1. The van der Waals surface area contributed by atoms with Crippen LogP contribution in [0.3, 0.4) is 0 Å². The highest BCUT2D eigenvalue weighted by molar-refractivity contribution is 6.34. The largest absolute Gasteiger partial charge is 0.417 e. The summed E-state index contributed by atoms with van der Waals surface area (Å²) in [6, 6.07) is 14.7. The molecule has 1 aliphatic rings. The van der Waals surface area contributed by atoms with Crippen LogP contribution in [0.2, 0.25) is 5.02 Å². The molecule has 0 radical (unpaired) electrons. The van der Waals surface area contributed by atoms with Crippen molar-refractivity contribution in [3.8, 4) is 11.1 Å². The number of hydrogen-bond donors (Lipinski definition) is 1. The van der Waals surface area contributed by atoms with E-state index in [0.717, 1.165) is 48.4 Å². The third kappa shape index (κ3) is 5.07. The van der Waals surface area contributed by atoms with E-state index in [1.165, 1.54) is 12.1 Å². The molecule has 4 nitrogen and oxygen atoms in total. The topological polar surface area (TPSA) is 45.2 Å². The summed E-state index contributed by atoms with van der Waals surface area (Å²) in [6.45, 7) is 0. The van der Waals surface area contributed by atoms with Gasteiger partial charge in [-0.25, -0.2) is 0 Å². The molecule has 1 heterocycles. The first-order valence-corrected chi connectivity index (χ1v) is 11.9. The second-order valence-corrected chi connectivity index (χ2v) is 9.51. The maximum absolute atomic E-state index is 13.4. The molecular formula is C27H27ClF3N3O. The van der Waals surface area contributed by atoms with Crippen LogP contribution in [0.4, 0.5) is 13.2 Å². The summed E-state index contributed by atoms with van der Waals surface area (Å²) in [5.74, 6) is -0.627. The predicted molar refractivity (Wildman–Crippen MR) is 131 cm³/mol. The van der Waals surface area contributed by atoms with Crippen LogP contribution in [0.25, 0.3) is 11.1 Å². The van der Waals surface area contributed by atoms with Gasteiger partial charge in [0.25, 0.3) is 5.91 Å². The molecule has 1 atom stereocenters. The Labute approximate surface area is 208 Å². The predicted octanol–water partition coefficient (Wildman–Crippen LogP) is 6.77. The average Bonchev–Trinajstić information content (AvgIpc) is 3.34. The number of rotatable bonds is 6. The number of nitrogens with zero attached hydrogens (tertiary/aromatic N) is 2. The maximum atomic E-state index is 13.4. The Kier molecular flexibility index (Phi) is 7.20. The molecule has 0 saturated heterocycles. The fourth-order valence-corrected chi connectivity index (χ4v) is 5.38. The van der Waals surface area contributed by atoms with E-state index in [9.17, 15) is 18.0 Å². The van der Waals surface area contributed by atoms with Gasteiger partial charge in [-0.15, -0.1) is 0 Å². The summed E-state index contributed by atoms with van der Waals surface area (Å²) in [5.41, 5.74) is 1.33. The molecule has 1 aliphatic carbocycles. The quantitative estimate of drug-likeness (QED) is 0.405. The van der Waals surface area contributed by atoms with Gasteiger partial charge in [0.1, 0.15) is 0 Å². The number of carbonyl (C=O) groups excluding carboxylic acids is 1. The molecule has 1 aromatic heterocycles. The molecule has 35 heavy (non-hydrogen) atoms. The molecule has 1 fully saturated rings. The number of hydrogen-bond acceptors (Lipinski definition) is 3. The summed E-state index contributed by atoms with van der Waals surface area (Å²) >= 11 is 6.07. The van der Waals surface area contributed by atoms with Crippen LogP contribution in [-0.2, 0) is 6.18 Å². The summed E-state index contributed by atoms with van der Waals surface area (Å²) in [6.07, 6.45) is 2.52. The minimum Gasteiger partial charge on any atom is -0.343 e. The van der Waals surface area contributed by atoms with Crippen molar-refractivity contribution in [2.75, 3.05) is 14.1 Å². The third-order valence-electron chi connectivity index (χ3n) is 6.98. The van der Waals surface area contributed by atoms with Gasteiger partial charge in [-0.05, 0) is 67.9 Å². The standard InChI is InChI=1S/C27H27ClF3N3O/c1-34(2)26(14-3-4-15-26)24(20-10-8-18(9-11-20)19-12-16-32-17-13-19)33-25(35)21-6-5-7-22(23(21)28)27(29,30)31/h5-13,16-17,24H,3-4,14-15H2,1-2H3,(H,33,35)/t24-/m0/s1. The highest BCUT2D eigenvalue weighted by Crippen LogP contribution is 2.44. The fourth-order valence-electron chi connectivity index (χ4n) is 5.06. The van der Waals surface area contributed by atoms with Gasteiger partial charge in [-0.2, -0.15) is 13.2 Å². The van der Waals surface area contributed by atoms with Crippen LogP contribution in [0, 0.1) is 0 Å².